The van der Waals surface area contributed by atoms with Crippen LogP contribution in [0.3, 0.4) is 0 Å². The van der Waals surface area contributed by atoms with E-state index in [9.17, 15) is 15.0 Å². The number of anilines is 3. The first-order valence-electron chi connectivity index (χ1n) is 20.6. The minimum Gasteiger partial charge on any atom is -0.388 e. The maximum absolute atomic E-state index is 13.3. The number of pyridine rings is 1. The summed E-state index contributed by atoms with van der Waals surface area (Å²) in [6, 6.07) is 25.3. The molecule has 17 nitrogen and oxygen atoms in total. The lowest BCUT2D eigenvalue weighted by Crippen LogP contribution is -2.50. The molecule has 17 heteroatoms. The zero-order valence-corrected chi connectivity index (χ0v) is 33.0. The van der Waals surface area contributed by atoms with Gasteiger partial charge < -0.3 is 40.5 Å². The van der Waals surface area contributed by atoms with Gasteiger partial charge in [0.05, 0.1) is 12.4 Å². The van der Waals surface area contributed by atoms with Gasteiger partial charge in [0, 0.05) is 63.3 Å². The number of benzene rings is 2. The number of carbonyl (C=O) groups excluding carboxylic acids is 1. The number of piperidine rings is 1. The molecule has 306 valence electrons. The van der Waals surface area contributed by atoms with E-state index in [2.05, 4.69) is 70.4 Å². The Hall–Kier alpha value is -6.20. The largest absolute Gasteiger partial charge is 0.388 e. The van der Waals surface area contributed by atoms with E-state index in [4.69, 9.17) is 15.0 Å². The van der Waals surface area contributed by atoms with E-state index < -0.39 is 24.3 Å². The number of urea groups is 1. The van der Waals surface area contributed by atoms with E-state index in [0.29, 0.717) is 61.2 Å². The summed E-state index contributed by atoms with van der Waals surface area (Å²) in [5.41, 5.74) is 3.40. The molecule has 1 aliphatic carbocycles. The number of nitrogens with zero attached hydrogens (tertiary/aromatic N) is 11. The smallest absolute Gasteiger partial charge is 0.315 e. The van der Waals surface area contributed by atoms with Gasteiger partial charge in [-0.15, -0.1) is 10.2 Å². The third-order valence-electron chi connectivity index (χ3n) is 12.0. The molecule has 2 saturated heterocycles. The second kappa shape index (κ2) is 17.0. The maximum Gasteiger partial charge on any atom is 0.315 e. The lowest BCUT2D eigenvalue weighted by Gasteiger charge is -2.33. The SMILES string of the molecule is CCc1nnn([C@H]2C[C@@H](n3cnc4c(NCC(c5ccccc5)c5ccccc5)nc(N5CC[C@@H](NC(=O)NC6CCN(c7ccccn7)CC6)C5)nc43)[C@H](O)[C@@H]2O)n1. The van der Waals surface area contributed by atoms with Crippen LogP contribution in [0.15, 0.2) is 91.4 Å². The third kappa shape index (κ3) is 8.12. The molecule has 2 aliphatic heterocycles. The van der Waals surface area contributed by atoms with Gasteiger partial charge in [-0.3, -0.25) is 0 Å². The van der Waals surface area contributed by atoms with Crippen molar-refractivity contribution in [2.45, 2.75) is 81.3 Å². The van der Waals surface area contributed by atoms with E-state index in [1.165, 1.54) is 4.80 Å². The Morgan fingerprint density at radius 3 is 2.19 bits per heavy atom. The Morgan fingerprint density at radius 2 is 1.49 bits per heavy atom. The number of fused-ring (bicyclic) bond motifs is 1. The lowest BCUT2D eigenvalue weighted by molar-refractivity contribution is 0.00473. The van der Waals surface area contributed by atoms with Gasteiger partial charge in [0.15, 0.2) is 22.8 Å². The third-order valence-corrected chi connectivity index (χ3v) is 12.0. The minimum absolute atomic E-state index is 0.0184. The molecular weight excluding hydrogens is 749 g/mol. The summed E-state index contributed by atoms with van der Waals surface area (Å²) in [6.07, 6.45) is 4.56. The Balaban J connectivity index is 0.951. The molecular formula is C42H50N14O3. The fourth-order valence-electron chi connectivity index (χ4n) is 8.70. The van der Waals surface area contributed by atoms with Crippen LogP contribution in [0.25, 0.3) is 11.2 Å². The van der Waals surface area contributed by atoms with Gasteiger partial charge in [-0.2, -0.15) is 14.8 Å². The van der Waals surface area contributed by atoms with Crippen molar-refractivity contribution in [3.8, 4) is 0 Å². The number of tetrazole rings is 1. The van der Waals surface area contributed by atoms with Crippen LogP contribution in [0.4, 0.5) is 22.4 Å². The molecule has 2 amide bonds. The number of imidazole rings is 1. The van der Waals surface area contributed by atoms with Gasteiger partial charge in [-0.1, -0.05) is 73.7 Å². The van der Waals surface area contributed by atoms with Crippen molar-refractivity contribution < 1.29 is 15.0 Å². The van der Waals surface area contributed by atoms with E-state index >= 15 is 0 Å². The van der Waals surface area contributed by atoms with Gasteiger partial charge in [0.25, 0.3) is 0 Å². The van der Waals surface area contributed by atoms with E-state index in [-0.39, 0.29) is 24.0 Å². The van der Waals surface area contributed by atoms with Crippen LogP contribution in [0, 0.1) is 0 Å². The van der Waals surface area contributed by atoms with Crippen molar-refractivity contribution in [2.24, 2.45) is 0 Å². The van der Waals surface area contributed by atoms with Crippen molar-refractivity contribution in [1.29, 1.82) is 0 Å². The highest BCUT2D eigenvalue weighted by Gasteiger charge is 2.45. The Labute approximate surface area is 341 Å². The summed E-state index contributed by atoms with van der Waals surface area (Å²) < 4.78 is 1.83. The first kappa shape index (κ1) is 38.3. The van der Waals surface area contributed by atoms with Gasteiger partial charge in [-0.25, -0.2) is 14.8 Å². The molecule has 5 atom stereocenters. The van der Waals surface area contributed by atoms with Gasteiger partial charge >= 0.3 is 6.03 Å². The Morgan fingerprint density at radius 1 is 0.814 bits per heavy atom. The van der Waals surface area contributed by atoms with Gasteiger partial charge in [-0.05, 0) is 54.2 Å². The maximum atomic E-state index is 13.3. The van der Waals surface area contributed by atoms with Gasteiger partial charge in [0.1, 0.15) is 24.1 Å². The number of hydrogen-bond donors (Lipinski definition) is 5. The highest BCUT2D eigenvalue weighted by Crippen LogP contribution is 2.40. The molecule has 0 spiro atoms. The van der Waals surface area contributed by atoms with Crippen molar-refractivity contribution in [2.75, 3.05) is 47.8 Å². The molecule has 0 radical (unpaired) electrons. The lowest BCUT2D eigenvalue weighted by atomic mass is 9.91. The van der Waals surface area contributed by atoms with E-state index in [1.54, 1.807) is 12.5 Å². The number of nitrogens with one attached hydrogen (secondary N) is 3. The highest BCUT2D eigenvalue weighted by molar-refractivity contribution is 5.84. The summed E-state index contributed by atoms with van der Waals surface area (Å²) in [4.78, 5) is 38.4. The summed E-state index contributed by atoms with van der Waals surface area (Å²) in [6.45, 7) is 5.28. The first-order valence-corrected chi connectivity index (χ1v) is 20.6. The number of aliphatic hydroxyl groups is 2. The average molecular weight is 799 g/mol. The monoisotopic (exact) mass is 798 g/mol. The Bertz CT molecular complexity index is 2280. The molecule has 5 N–H and O–H groups in total. The van der Waals surface area contributed by atoms with E-state index in [1.807, 2.05) is 66.1 Å². The van der Waals surface area contributed by atoms with Crippen molar-refractivity contribution in [3.05, 3.63) is 108 Å². The van der Waals surface area contributed by atoms with Crippen LogP contribution in [0.2, 0.25) is 0 Å². The summed E-state index contributed by atoms with van der Waals surface area (Å²) in [5, 5.41) is 45.4. The molecule has 59 heavy (non-hydrogen) atoms. The highest BCUT2D eigenvalue weighted by atomic mass is 16.3. The topological polar surface area (TPSA) is 200 Å². The number of carbonyl (C=O) groups is 1. The minimum atomic E-state index is -1.13. The van der Waals surface area contributed by atoms with Crippen molar-refractivity contribution >= 4 is 34.8 Å². The fraction of sp³-hybridized carbons (Fsp3) is 0.429. The molecule has 6 heterocycles. The van der Waals surface area contributed by atoms with Crippen LogP contribution in [0.1, 0.15) is 67.6 Å². The number of hydrogen-bond acceptors (Lipinski definition) is 13. The Kier molecular flexibility index (Phi) is 11.0. The number of aryl methyl sites for hydroxylation is 1. The van der Waals surface area contributed by atoms with Gasteiger partial charge in [0.2, 0.25) is 5.95 Å². The molecule has 4 aromatic heterocycles. The van der Waals surface area contributed by atoms with Crippen LogP contribution >= 0.6 is 0 Å². The van der Waals surface area contributed by atoms with Crippen LogP contribution < -0.4 is 25.8 Å². The summed E-state index contributed by atoms with van der Waals surface area (Å²) in [5.74, 6) is 2.59. The quantitative estimate of drug-likeness (QED) is 0.121. The number of aromatic nitrogens is 9. The fourth-order valence-corrected chi connectivity index (χ4v) is 8.70. The first-order chi connectivity index (χ1) is 28.9. The molecule has 6 aromatic rings. The number of rotatable bonds is 12. The molecule has 3 aliphatic rings. The second-order valence-electron chi connectivity index (χ2n) is 15.7. The molecule has 1 saturated carbocycles. The average Bonchev–Trinajstić information content (AvgIpc) is 4.10. The predicted molar refractivity (Wildman–Crippen MR) is 222 cm³/mol. The van der Waals surface area contributed by atoms with Crippen molar-refractivity contribution in [3.63, 3.8) is 0 Å². The van der Waals surface area contributed by atoms with Crippen LogP contribution in [0.5, 0.6) is 0 Å². The number of amides is 2. The summed E-state index contributed by atoms with van der Waals surface area (Å²) in [7, 11) is 0. The molecule has 9 rings (SSSR count). The molecule has 3 fully saturated rings. The second-order valence-corrected chi connectivity index (χ2v) is 15.7. The van der Waals surface area contributed by atoms with Crippen molar-refractivity contribution in [1.82, 2.24) is 55.3 Å². The number of aliphatic hydroxyl groups excluding tert-OH is 2. The van der Waals surface area contributed by atoms with Crippen LogP contribution in [-0.4, -0.2) is 118 Å². The zero-order valence-electron chi connectivity index (χ0n) is 33.0. The predicted octanol–water partition coefficient (Wildman–Crippen LogP) is 3.47. The normalized spacial score (nSPS) is 22.3. The van der Waals surface area contributed by atoms with Crippen LogP contribution in [-0.2, 0) is 6.42 Å². The van der Waals surface area contributed by atoms with E-state index in [0.717, 1.165) is 49.3 Å². The molecule has 2 aromatic carbocycles. The summed E-state index contributed by atoms with van der Waals surface area (Å²) >= 11 is 0. The standard InChI is InChI=1S/C42H50N14O3/c1-2-34-50-52-56(51-34)33-23-32(37(57)38(33)58)55-26-45-36-39(44-24-31(27-11-5-3-6-12-27)28-13-7-4-8-14-28)48-41(49-40(36)55)54-22-18-30(25-54)47-42(59)46-29-16-20-53(21-17-29)35-15-9-10-19-43-35/h3-15,19,26,29-33,37-38,57-58H,2,16-18,20-25H2,1H3,(H,44,48,49)(H2,46,47,59)/t30-,32-,33+,37+,38-/m1/s1. The molecule has 0 unspecified atom stereocenters. The molecule has 0 bridgehead atoms. The zero-order chi connectivity index (χ0) is 40.3.